The first-order valence-electron chi connectivity index (χ1n) is 6.29. The number of ether oxygens (including phenoxy) is 2. The normalized spacial score (nSPS) is 10.2. The molecule has 0 aliphatic heterocycles. The molecule has 100 valence electrons. The summed E-state index contributed by atoms with van der Waals surface area (Å²) >= 11 is 0. The zero-order valence-electron chi connectivity index (χ0n) is 11.2. The first kappa shape index (κ1) is 13.4. The molecule has 0 fully saturated rings. The van der Waals surface area contributed by atoms with E-state index in [-0.39, 0.29) is 0 Å². The maximum atomic E-state index is 5.89. The summed E-state index contributed by atoms with van der Waals surface area (Å²) in [6, 6.07) is 9.42. The van der Waals surface area contributed by atoms with Gasteiger partial charge in [0.1, 0.15) is 17.2 Å². The number of hydrogen-bond donors (Lipinski definition) is 1. The Labute approximate surface area is 113 Å². The van der Waals surface area contributed by atoms with Crippen LogP contribution >= 0.6 is 0 Å². The van der Waals surface area contributed by atoms with Crippen molar-refractivity contribution in [1.82, 2.24) is 10.3 Å². The lowest BCUT2D eigenvalue weighted by Gasteiger charge is -2.11. The van der Waals surface area contributed by atoms with Gasteiger partial charge in [0.05, 0.1) is 7.11 Å². The zero-order chi connectivity index (χ0) is 13.5. The Balaban J connectivity index is 2.17. The van der Waals surface area contributed by atoms with Gasteiger partial charge in [-0.1, -0.05) is 13.0 Å². The molecule has 0 bridgehead atoms. The fourth-order valence-corrected chi connectivity index (χ4v) is 1.70. The van der Waals surface area contributed by atoms with E-state index in [0.717, 1.165) is 35.9 Å². The summed E-state index contributed by atoms with van der Waals surface area (Å²) in [4.78, 5) is 4.13. The number of rotatable bonds is 6. The molecule has 1 aromatic carbocycles. The number of hydrogen-bond acceptors (Lipinski definition) is 4. The molecule has 1 N–H and O–H groups in total. The second kappa shape index (κ2) is 6.75. The number of benzene rings is 1. The summed E-state index contributed by atoms with van der Waals surface area (Å²) in [6.07, 6.45) is 3.54. The van der Waals surface area contributed by atoms with Crippen molar-refractivity contribution in [2.75, 3.05) is 13.7 Å². The van der Waals surface area contributed by atoms with Gasteiger partial charge in [0.25, 0.3) is 0 Å². The highest BCUT2D eigenvalue weighted by atomic mass is 16.5. The fraction of sp³-hybridized carbons (Fsp3) is 0.267. The molecule has 19 heavy (non-hydrogen) atoms. The summed E-state index contributed by atoms with van der Waals surface area (Å²) in [5, 5.41) is 3.27. The minimum Gasteiger partial charge on any atom is -0.497 e. The standard InChI is InChI=1S/C15H18N2O2/c1-3-16-10-12-11-17-8-7-15(12)19-14-6-4-5-13(9-14)18-2/h4-9,11,16H,3,10H2,1-2H3. The van der Waals surface area contributed by atoms with Gasteiger partial charge in [-0.25, -0.2) is 0 Å². The van der Waals surface area contributed by atoms with E-state index < -0.39 is 0 Å². The maximum absolute atomic E-state index is 5.89. The van der Waals surface area contributed by atoms with Gasteiger partial charge in [0, 0.05) is 30.6 Å². The van der Waals surface area contributed by atoms with Crippen molar-refractivity contribution in [2.45, 2.75) is 13.5 Å². The highest BCUT2D eigenvalue weighted by molar-refractivity contribution is 5.39. The molecule has 4 heteroatoms. The largest absolute Gasteiger partial charge is 0.497 e. The molecule has 2 rings (SSSR count). The van der Waals surface area contributed by atoms with Gasteiger partial charge in [0.15, 0.2) is 0 Å². The van der Waals surface area contributed by atoms with Crippen molar-refractivity contribution >= 4 is 0 Å². The monoisotopic (exact) mass is 258 g/mol. The lowest BCUT2D eigenvalue weighted by atomic mass is 10.2. The van der Waals surface area contributed by atoms with Crippen LogP contribution in [0.15, 0.2) is 42.7 Å². The minimum absolute atomic E-state index is 0.740. The molecule has 0 amide bonds. The quantitative estimate of drug-likeness (QED) is 0.865. The van der Waals surface area contributed by atoms with E-state index in [2.05, 4.69) is 17.2 Å². The Morgan fingerprint density at radius 1 is 1.21 bits per heavy atom. The van der Waals surface area contributed by atoms with Crippen LogP contribution in [-0.2, 0) is 6.54 Å². The van der Waals surface area contributed by atoms with Crippen LogP contribution < -0.4 is 14.8 Å². The van der Waals surface area contributed by atoms with Crippen LogP contribution in [0.25, 0.3) is 0 Å². The smallest absolute Gasteiger partial charge is 0.134 e. The Bertz CT molecular complexity index is 529. The second-order valence-electron chi connectivity index (χ2n) is 4.04. The summed E-state index contributed by atoms with van der Waals surface area (Å²) in [5.41, 5.74) is 1.03. The molecule has 1 heterocycles. The highest BCUT2D eigenvalue weighted by Crippen LogP contribution is 2.27. The molecule has 1 aromatic heterocycles. The van der Waals surface area contributed by atoms with E-state index in [4.69, 9.17) is 9.47 Å². The molecule has 0 saturated carbocycles. The molecule has 4 nitrogen and oxygen atoms in total. The average Bonchev–Trinajstić information content (AvgIpc) is 2.46. The molecule has 2 aromatic rings. The van der Waals surface area contributed by atoms with Crippen LogP contribution in [-0.4, -0.2) is 18.6 Å². The van der Waals surface area contributed by atoms with Crippen LogP contribution in [0.1, 0.15) is 12.5 Å². The summed E-state index contributed by atoms with van der Waals surface area (Å²) in [7, 11) is 1.64. The molecule has 0 radical (unpaired) electrons. The van der Waals surface area contributed by atoms with Gasteiger partial charge in [-0.05, 0) is 24.7 Å². The third-order valence-electron chi connectivity index (χ3n) is 2.69. The molecule has 0 spiro atoms. The molecule has 0 unspecified atom stereocenters. The third kappa shape index (κ3) is 3.69. The number of methoxy groups -OCH3 is 1. The van der Waals surface area contributed by atoms with Crippen LogP contribution in [0, 0.1) is 0 Å². The van der Waals surface area contributed by atoms with Crippen molar-refractivity contribution in [2.24, 2.45) is 0 Å². The maximum Gasteiger partial charge on any atom is 0.134 e. The van der Waals surface area contributed by atoms with E-state index in [1.165, 1.54) is 0 Å². The molecule has 0 aliphatic rings. The van der Waals surface area contributed by atoms with Crippen LogP contribution in [0.2, 0.25) is 0 Å². The second-order valence-corrected chi connectivity index (χ2v) is 4.04. The fourth-order valence-electron chi connectivity index (χ4n) is 1.70. The molecule has 0 atom stereocenters. The van der Waals surface area contributed by atoms with E-state index in [1.54, 1.807) is 13.3 Å². The van der Waals surface area contributed by atoms with E-state index in [0.29, 0.717) is 0 Å². The Hall–Kier alpha value is -2.07. The van der Waals surface area contributed by atoms with Crippen molar-refractivity contribution in [3.05, 3.63) is 48.3 Å². The van der Waals surface area contributed by atoms with Gasteiger partial charge >= 0.3 is 0 Å². The lowest BCUT2D eigenvalue weighted by molar-refractivity contribution is 0.408. The first-order valence-corrected chi connectivity index (χ1v) is 6.29. The van der Waals surface area contributed by atoms with Crippen molar-refractivity contribution in [3.63, 3.8) is 0 Å². The Morgan fingerprint density at radius 2 is 2.05 bits per heavy atom. The zero-order valence-corrected chi connectivity index (χ0v) is 11.2. The van der Waals surface area contributed by atoms with Gasteiger partial charge in [-0.3, -0.25) is 4.98 Å². The van der Waals surface area contributed by atoms with Gasteiger partial charge in [-0.2, -0.15) is 0 Å². The Morgan fingerprint density at radius 3 is 2.84 bits per heavy atom. The third-order valence-corrected chi connectivity index (χ3v) is 2.69. The topological polar surface area (TPSA) is 43.4 Å². The molecule has 0 saturated heterocycles. The molecular formula is C15H18N2O2. The summed E-state index contributed by atoms with van der Waals surface area (Å²) < 4.78 is 11.1. The van der Waals surface area contributed by atoms with Gasteiger partial charge in [0.2, 0.25) is 0 Å². The van der Waals surface area contributed by atoms with Gasteiger partial charge in [-0.15, -0.1) is 0 Å². The predicted molar refractivity (Wildman–Crippen MR) is 74.7 cm³/mol. The first-order chi connectivity index (χ1) is 9.33. The van der Waals surface area contributed by atoms with Crippen LogP contribution in [0.3, 0.4) is 0 Å². The highest BCUT2D eigenvalue weighted by Gasteiger charge is 2.05. The average molecular weight is 258 g/mol. The summed E-state index contributed by atoms with van der Waals surface area (Å²) in [5.74, 6) is 2.34. The molecule has 0 aliphatic carbocycles. The van der Waals surface area contributed by atoms with E-state index >= 15 is 0 Å². The van der Waals surface area contributed by atoms with Crippen molar-refractivity contribution in [1.29, 1.82) is 0 Å². The SMILES string of the molecule is CCNCc1cnccc1Oc1cccc(OC)c1. The number of nitrogens with one attached hydrogen (secondary N) is 1. The van der Waals surface area contributed by atoms with Crippen molar-refractivity contribution in [3.8, 4) is 17.2 Å². The number of pyridine rings is 1. The van der Waals surface area contributed by atoms with E-state index in [9.17, 15) is 0 Å². The predicted octanol–water partition coefficient (Wildman–Crippen LogP) is 2.99. The minimum atomic E-state index is 0.740. The van der Waals surface area contributed by atoms with E-state index in [1.807, 2.05) is 36.5 Å². The number of aromatic nitrogens is 1. The Kier molecular flexibility index (Phi) is 4.75. The van der Waals surface area contributed by atoms with Crippen LogP contribution in [0.5, 0.6) is 17.2 Å². The summed E-state index contributed by atoms with van der Waals surface area (Å²) in [6.45, 7) is 3.72. The van der Waals surface area contributed by atoms with Crippen molar-refractivity contribution < 1.29 is 9.47 Å². The van der Waals surface area contributed by atoms with Crippen LogP contribution in [0.4, 0.5) is 0 Å². The lowest BCUT2D eigenvalue weighted by Crippen LogP contribution is -2.12. The molecular weight excluding hydrogens is 240 g/mol. The number of nitrogens with zero attached hydrogens (tertiary/aromatic N) is 1. The van der Waals surface area contributed by atoms with Gasteiger partial charge < -0.3 is 14.8 Å².